The molecule has 0 aromatic rings. The predicted molar refractivity (Wildman–Crippen MR) is 47.6 cm³/mol. The van der Waals surface area contributed by atoms with Crippen molar-refractivity contribution in [2.24, 2.45) is 23.7 Å². The molecule has 0 unspecified atom stereocenters. The van der Waals surface area contributed by atoms with Gasteiger partial charge in [-0.25, -0.2) is 0 Å². The number of rotatable bonds is 0. The maximum absolute atomic E-state index is 11.3. The summed E-state index contributed by atoms with van der Waals surface area (Å²) < 4.78 is 0. The summed E-state index contributed by atoms with van der Waals surface area (Å²) in [5.41, 5.74) is 0. The van der Waals surface area contributed by atoms with Gasteiger partial charge in [0.25, 0.3) is 0 Å². The molecule has 0 radical (unpaired) electrons. The largest absolute Gasteiger partial charge is 0.356 e. The molecule has 2 aliphatic rings. The minimum Gasteiger partial charge on any atom is -0.356 e. The normalized spacial score (nSPS) is 47.0. The fraction of sp³-hybridized carbons (Fsp3) is 0.900. The maximum atomic E-state index is 11.3. The van der Waals surface area contributed by atoms with E-state index in [-0.39, 0.29) is 0 Å². The van der Waals surface area contributed by atoms with Gasteiger partial charge in [-0.1, -0.05) is 13.8 Å². The van der Waals surface area contributed by atoms with Gasteiger partial charge in [0.15, 0.2) is 0 Å². The molecule has 2 nitrogen and oxygen atoms in total. The van der Waals surface area contributed by atoms with Gasteiger partial charge in [-0.2, -0.15) is 0 Å². The van der Waals surface area contributed by atoms with Crippen LogP contribution < -0.4 is 5.32 Å². The van der Waals surface area contributed by atoms with Gasteiger partial charge in [0.2, 0.25) is 5.91 Å². The van der Waals surface area contributed by atoms with Crippen molar-refractivity contribution in [3.63, 3.8) is 0 Å². The zero-order chi connectivity index (χ0) is 8.72. The first-order valence-corrected chi connectivity index (χ1v) is 4.96. The molecular formula is C10H17NO. The lowest BCUT2D eigenvalue weighted by Crippen LogP contribution is -2.30. The lowest BCUT2D eigenvalue weighted by Gasteiger charge is -2.32. The quantitative estimate of drug-likeness (QED) is 0.580. The van der Waals surface area contributed by atoms with E-state index in [1.807, 2.05) is 0 Å². The van der Waals surface area contributed by atoms with E-state index in [0.29, 0.717) is 17.7 Å². The molecule has 0 aromatic heterocycles. The second-order valence-electron chi connectivity index (χ2n) is 4.54. The van der Waals surface area contributed by atoms with Gasteiger partial charge in [-0.3, -0.25) is 4.79 Å². The Morgan fingerprint density at radius 2 is 1.92 bits per heavy atom. The summed E-state index contributed by atoms with van der Waals surface area (Å²) in [5, 5.41) is 2.96. The van der Waals surface area contributed by atoms with Crippen LogP contribution in [0.15, 0.2) is 0 Å². The lowest BCUT2D eigenvalue weighted by molar-refractivity contribution is -0.124. The van der Waals surface area contributed by atoms with E-state index in [0.717, 1.165) is 24.8 Å². The van der Waals surface area contributed by atoms with Gasteiger partial charge in [0.1, 0.15) is 0 Å². The van der Waals surface area contributed by atoms with Crippen molar-refractivity contribution in [1.82, 2.24) is 5.32 Å². The number of hydrogen-bond acceptors (Lipinski definition) is 1. The highest BCUT2D eigenvalue weighted by atomic mass is 16.2. The number of hydrogen-bond donors (Lipinski definition) is 1. The highest BCUT2D eigenvalue weighted by Crippen LogP contribution is 2.39. The SMILES string of the molecule is C[C@@H]1C[C@@H]2CNC(=O)[C@@H]2C[C@@H]1C. The van der Waals surface area contributed by atoms with Crippen molar-refractivity contribution < 1.29 is 4.79 Å². The van der Waals surface area contributed by atoms with Crippen LogP contribution in [0, 0.1) is 23.7 Å². The molecule has 1 amide bonds. The van der Waals surface area contributed by atoms with E-state index in [9.17, 15) is 4.79 Å². The fourth-order valence-corrected chi connectivity index (χ4v) is 2.61. The average Bonchev–Trinajstić information content (AvgIpc) is 2.35. The zero-order valence-electron chi connectivity index (χ0n) is 7.84. The molecule has 1 aliphatic heterocycles. The molecule has 2 heteroatoms. The van der Waals surface area contributed by atoms with Crippen molar-refractivity contribution in [2.75, 3.05) is 6.54 Å². The first-order valence-electron chi connectivity index (χ1n) is 4.96. The van der Waals surface area contributed by atoms with Crippen LogP contribution in [-0.4, -0.2) is 12.5 Å². The van der Waals surface area contributed by atoms with Gasteiger partial charge in [0, 0.05) is 12.5 Å². The van der Waals surface area contributed by atoms with Crippen molar-refractivity contribution in [1.29, 1.82) is 0 Å². The van der Waals surface area contributed by atoms with E-state index in [2.05, 4.69) is 19.2 Å². The van der Waals surface area contributed by atoms with E-state index < -0.39 is 0 Å². The standard InChI is InChI=1S/C10H17NO/c1-6-3-8-5-11-10(12)9(8)4-7(6)2/h6-9H,3-5H2,1-2H3,(H,11,12)/t6-,7+,8-,9-/m1/s1. The van der Waals surface area contributed by atoms with E-state index in [1.54, 1.807) is 0 Å². The Hall–Kier alpha value is -0.530. The minimum absolute atomic E-state index is 0.304. The maximum Gasteiger partial charge on any atom is 0.223 e. The van der Waals surface area contributed by atoms with Crippen LogP contribution in [0.2, 0.25) is 0 Å². The summed E-state index contributed by atoms with van der Waals surface area (Å²) in [5.74, 6) is 2.83. The first-order chi connectivity index (χ1) is 5.68. The molecule has 1 N–H and O–H groups in total. The number of carbonyl (C=O) groups excluding carboxylic acids is 1. The van der Waals surface area contributed by atoms with Crippen LogP contribution in [0.1, 0.15) is 26.7 Å². The van der Waals surface area contributed by atoms with Gasteiger partial charge >= 0.3 is 0 Å². The molecule has 0 spiro atoms. The summed E-state index contributed by atoms with van der Waals surface area (Å²) in [7, 11) is 0. The van der Waals surface area contributed by atoms with Crippen LogP contribution >= 0.6 is 0 Å². The molecule has 0 aromatic carbocycles. The van der Waals surface area contributed by atoms with Crippen LogP contribution in [0.3, 0.4) is 0 Å². The summed E-state index contributed by atoms with van der Waals surface area (Å²) in [6.45, 7) is 5.51. The lowest BCUT2D eigenvalue weighted by atomic mass is 9.71. The number of amides is 1. The number of nitrogens with one attached hydrogen (secondary N) is 1. The monoisotopic (exact) mass is 167 g/mol. The molecule has 12 heavy (non-hydrogen) atoms. The van der Waals surface area contributed by atoms with Crippen LogP contribution in [-0.2, 0) is 4.79 Å². The van der Waals surface area contributed by atoms with Crippen molar-refractivity contribution in [3.8, 4) is 0 Å². The summed E-state index contributed by atoms with van der Waals surface area (Å²) in [6.07, 6.45) is 2.35. The smallest absolute Gasteiger partial charge is 0.223 e. The molecule has 4 atom stereocenters. The summed E-state index contributed by atoms with van der Waals surface area (Å²) in [6, 6.07) is 0. The molecule has 1 saturated heterocycles. The Bertz CT molecular complexity index is 202. The highest BCUT2D eigenvalue weighted by molar-refractivity contribution is 5.81. The zero-order valence-corrected chi connectivity index (χ0v) is 7.84. The van der Waals surface area contributed by atoms with Crippen molar-refractivity contribution >= 4 is 5.91 Å². The second-order valence-corrected chi connectivity index (χ2v) is 4.54. The Labute approximate surface area is 73.7 Å². The van der Waals surface area contributed by atoms with Gasteiger partial charge < -0.3 is 5.32 Å². The minimum atomic E-state index is 0.304. The summed E-state index contributed by atoms with van der Waals surface area (Å²) in [4.78, 5) is 11.3. The van der Waals surface area contributed by atoms with E-state index >= 15 is 0 Å². The Morgan fingerprint density at radius 1 is 1.25 bits per heavy atom. The Kier molecular flexibility index (Phi) is 1.85. The van der Waals surface area contributed by atoms with Gasteiger partial charge in [0.05, 0.1) is 0 Å². The van der Waals surface area contributed by atoms with E-state index in [4.69, 9.17) is 0 Å². The van der Waals surface area contributed by atoms with Crippen LogP contribution in [0.4, 0.5) is 0 Å². The second kappa shape index (κ2) is 2.75. The molecule has 2 rings (SSSR count). The third-order valence-electron chi connectivity index (χ3n) is 3.72. The highest BCUT2D eigenvalue weighted by Gasteiger charge is 2.40. The average molecular weight is 167 g/mol. The predicted octanol–water partition coefficient (Wildman–Crippen LogP) is 1.41. The molecule has 68 valence electrons. The molecule has 2 fully saturated rings. The third kappa shape index (κ3) is 1.13. The Balaban J connectivity index is 2.09. The van der Waals surface area contributed by atoms with Crippen molar-refractivity contribution in [3.05, 3.63) is 0 Å². The molecule has 0 bridgehead atoms. The van der Waals surface area contributed by atoms with Gasteiger partial charge in [-0.05, 0) is 30.6 Å². The first kappa shape index (κ1) is 8.09. The number of fused-ring (bicyclic) bond motifs is 1. The topological polar surface area (TPSA) is 29.1 Å². The number of carbonyl (C=O) groups is 1. The molecule has 1 heterocycles. The van der Waals surface area contributed by atoms with Crippen LogP contribution in [0.5, 0.6) is 0 Å². The molecule has 1 aliphatic carbocycles. The Morgan fingerprint density at radius 3 is 2.67 bits per heavy atom. The molecule has 1 saturated carbocycles. The van der Waals surface area contributed by atoms with Crippen LogP contribution in [0.25, 0.3) is 0 Å². The van der Waals surface area contributed by atoms with E-state index in [1.165, 1.54) is 6.42 Å². The third-order valence-corrected chi connectivity index (χ3v) is 3.72. The van der Waals surface area contributed by atoms with Crippen molar-refractivity contribution in [2.45, 2.75) is 26.7 Å². The van der Waals surface area contributed by atoms with Gasteiger partial charge in [-0.15, -0.1) is 0 Å². The summed E-state index contributed by atoms with van der Waals surface area (Å²) >= 11 is 0. The fourth-order valence-electron chi connectivity index (χ4n) is 2.61. The molecular weight excluding hydrogens is 150 g/mol.